The predicted octanol–water partition coefficient (Wildman–Crippen LogP) is 1.97. The summed E-state index contributed by atoms with van der Waals surface area (Å²) in [6.07, 6.45) is 0. The molecule has 0 aliphatic carbocycles. The Morgan fingerprint density at radius 2 is 2.00 bits per heavy atom. The predicted molar refractivity (Wildman–Crippen MR) is 77.2 cm³/mol. The first kappa shape index (κ1) is 14.7. The van der Waals surface area contributed by atoms with Crippen LogP contribution in [0, 0.1) is 6.92 Å². The van der Waals surface area contributed by atoms with Crippen LogP contribution in [0.1, 0.15) is 26.5 Å². The van der Waals surface area contributed by atoms with Gasteiger partial charge < -0.3 is 15.5 Å². The smallest absolute Gasteiger partial charge is 0.224 e. The second kappa shape index (κ2) is 7.16. The van der Waals surface area contributed by atoms with Gasteiger partial charge in [-0.15, -0.1) is 0 Å². The van der Waals surface area contributed by atoms with E-state index in [2.05, 4.69) is 46.4 Å². The standard InChI is InChI=1S/C13H25N5/c1-6-14-13-16-11(4)9-12(17-13)15-7-8-18(5)10(2)3/h9-10H,6-8H2,1-5H3,(H2,14,15,16,17). The van der Waals surface area contributed by atoms with Crippen LogP contribution in [-0.2, 0) is 0 Å². The molecule has 18 heavy (non-hydrogen) atoms. The molecule has 5 nitrogen and oxygen atoms in total. The van der Waals surface area contributed by atoms with Crippen LogP contribution in [0.2, 0.25) is 0 Å². The van der Waals surface area contributed by atoms with E-state index < -0.39 is 0 Å². The van der Waals surface area contributed by atoms with Crippen LogP contribution in [0.4, 0.5) is 11.8 Å². The third-order valence-electron chi connectivity index (χ3n) is 2.84. The number of aromatic nitrogens is 2. The van der Waals surface area contributed by atoms with Gasteiger partial charge in [0, 0.05) is 37.4 Å². The Labute approximate surface area is 110 Å². The molecule has 0 saturated heterocycles. The highest BCUT2D eigenvalue weighted by molar-refractivity contribution is 5.42. The highest BCUT2D eigenvalue weighted by atomic mass is 15.2. The lowest BCUT2D eigenvalue weighted by atomic mass is 10.3. The molecule has 1 rings (SSSR count). The minimum Gasteiger partial charge on any atom is -0.369 e. The van der Waals surface area contributed by atoms with E-state index in [4.69, 9.17) is 0 Å². The van der Waals surface area contributed by atoms with E-state index in [1.54, 1.807) is 0 Å². The summed E-state index contributed by atoms with van der Waals surface area (Å²) in [6.45, 7) is 11.1. The van der Waals surface area contributed by atoms with E-state index in [1.165, 1.54) is 0 Å². The average molecular weight is 251 g/mol. The molecule has 0 unspecified atom stereocenters. The molecule has 0 bridgehead atoms. The number of nitrogens with zero attached hydrogens (tertiary/aromatic N) is 3. The van der Waals surface area contributed by atoms with Crippen molar-refractivity contribution < 1.29 is 0 Å². The number of rotatable bonds is 7. The molecule has 1 aromatic heterocycles. The Morgan fingerprint density at radius 1 is 1.28 bits per heavy atom. The number of hydrogen-bond donors (Lipinski definition) is 2. The third kappa shape index (κ3) is 4.87. The SMILES string of the molecule is CCNc1nc(C)cc(NCCN(C)C(C)C)n1. The molecule has 0 radical (unpaired) electrons. The summed E-state index contributed by atoms with van der Waals surface area (Å²) in [4.78, 5) is 11.0. The molecular weight excluding hydrogens is 226 g/mol. The zero-order valence-corrected chi connectivity index (χ0v) is 12.1. The van der Waals surface area contributed by atoms with Crippen molar-refractivity contribution in [3.05, 3.63) is 11.8 Å². The first-order valence-corrected chi connectivity index (χ1v) is 6.56. The Morgan fingerprint density at radius 3 is 2.61 bits per heavy atom. The fraction of sp³-hybridized carbons (Fsp3) is 0.692. The molecule has 5 heteroatoms. The number of hydrogen-bond acceptors (Lipinski definition) is 5. The van der Waals surface area contributed by atoms with Crippen LogP contribution in [-0.4, -0.2) is 47.6 Å². The molecule has 1 heterocycles. The van der Waals surface area contributed by atoms with Gasteiger partial charge in [-0.3, -0.25) is 0 Å². The van der Waals surface area contributed by atoms with Gasteiger partial charge in [-0.05, 0) is 34.7 Å². The molecule has 2 N–H and O–H groups in total. The zero-order chi connectivity index (χ0) is 13.5. The minimum absolute atomic E-state index is 0.566. The minimum atomic E-state index is 0.566. The maximum atomic E-state index is 4.41. The summed E-state index contributed by atoms with van der Waals surface area (Å²) in [5, 5.41) is 6.47. The van der Waals surface area contributed by atoms with E-state index in [1.807, 2.05) is 19.9 Å². The van der Waals surface area contributed by atoms with Gasteiger partial charge in [0.25, 0.3) is 0 Å². The van der Waals surface area contributed by atoms with Gasteiger partial charge >= 0.3 is 0 Å². The van der Waals surface area contributed by atoms with Gasteiger partial charge in [0.05, 0.1) is 0 Å². The molecule has 1 aromatic rings. The van der Waals surface area contributed by atoms with Crippen LogP contribution >= 0.6 is 0 Å². The van der Waals surface area contributed by atoms with Crippen molar-refractivity contribution >= 4 is 11.8 Å². The lowest BCUT2D eigenvalue weighted by Gasteiger charge is -2.21. The highest BCUT2D eigenvalue weighted by Crippen LogP contribution is 2.09. The monoisotopic (exact) mass is 251 g/mol. The lowest BCUT2D eigenvalue weighted by molar-refractivity contribution is 0.284. The second-order valence-electron chi connectivity index (χ2n) is 4.75. The quantitative estimate of drug-likeness (QED) is 0.776. The van der Waals surface area contributed by atoms with E-state index in [0.717, 1.165) is 31.1 Å². The summed E-state index contributed by atoms with van der Waals surface area (Å²) in [5.41, 5.74) is 0.973. The van der Waals surface area contributed by atoms with Crippen LogP contribution in [0.3, 0.4) is 0 Å². The van der Waals surface area contributed by atoms with Gasteiger partial charge in [-0.1, -0.05) is 0 Å². The maximum absolute atomic E-state index is 4.41. The summed E-state index contributed by atoms with van der Waals surface area (Å²) < 4.78 is 0. The molecule has 0 fully saturated rings. The molecule has 0 atom stereocenters. The van der Waals surface area contributed by atoms with E-state index >= 15 is 0 Å². The van der Waals surface area contributed by atoms with Gasteiger partial charge in [0.2, 0.25) is 5.95 Å². The van der Waals surface area contributed by atoms with Crippen molar-refractivity contribution in [1.29, 1.82) is 0 Å². The lowest BCUT2D eigenvalue weighted by Crippen LogP contribution is -2.31. The summed E-state index contributed by atoms with van der Waals surface area (Å²) in [7, 11) is 2.13. The molecule has 0 aliphatic rings. The van der Waals surface area contributed by atoms with Crippen molar-refractivity contribution in [3.63, 3.8) is 0 Å². The van der Waals surface area contributed by atoms with E-state index in [0.29, 0.717) is 12.0 Å². The topological polar surface area (TPSA) is 53.1 Å². The molecule has 0 amide bonds. The van der Waals surface area contributed by atoms with E-state index in [-0.39, 0.29) is 0 Å². The van der Waals surface area contributed by atoms with Crippen molar-refractivity contribution in [3.8, 4) is 0 Å². The maximum Gasteiger partial charge on any atom is 0.224 e. The Bertz CT molecular complexity index is 364. The third-order valence-corrected chi connectivity index (χ3v) is 2.84. The van der Waals surface area contributed by atoms with Gasteiger partial charge in [0.15, 0.2) is 0 Å². The molecule has 0 aromatic carbocycles. The number of likely N-dealkylation sites (N-methyl/N-ethyl adjacent to an activating group) is 1. The first-order valence-electron chi connectivity index (χ1n) is 6.56. The normalized spacial score (nSPS) is 11.1. The van der Waals surface area contributed by atoms with Crippen molar-refractivity contribution in [2.75, 3.05) is 37.3 Å². The molecule has 0 aliphatic heterocycles. The van der Waals surface area contributed by atoms with Crippen LogP contribution < -0.4 is 10.6 Å². The summed E-state index contributed by atoms with van der Waals surface area (Å²) in [5.74, 6) is 1.58. The van der Waals surface area contributed by atoms with Crippen molar-refractivity contribution in [2.24, 2.45) is 0 Å². The first-order chi connectivity index (χ1) is 8.52. The molecule has 0 saturated carbocycles. The number of anilines is 2. The summed E-state index contributed by atoms with van der Waals surface area (Å²) in [6, 6.07) is 2.53. The van der Waals surface area contributed by atoms with E-state index in [9.17, 15) is 0 Å². The molecule has 102 valence electrons. The van der Waals surface area contributed by atoms with Gasteiger partial charge in [-0.2, -0.15) is 4.98 Å². The fourth-order valence-corrected chi connectivity index (χ4v) is 1.51. The van der Waals surface area contributed by atoms with Crippen LogP contribution in [0.5, 0.6) is 0 Å². The number of nitrogens with one attached hydrogen (secondary N) is 2. The van der Waals surface area contributed by atoms with Crippen molar-refractivity contribution in [2.45, 2.75) is 33.7 Å². The largest absolute Gasteiger partial charge is 0.369 e. The second-order valence-corrected chi connectivity index (χ2v) is 4.75. The zero-order valence-electron chi connectivity index (χ0n) is 12.1. The van der Waals surface area contributed by atoms with Gasteiger partial charge in [-0.25, -0.2) is 4.98 Å². The summed E-state index contributed by atoms with van der Waals surface area (Å²) >= 11 is 0. The Hall–Kier alpha value is -1.36. The van der Waals surface area contributed by atoms with Crippen LogP contribution in [0.15, 0.2) is 6.07 Å². The number of aryl methyl sites for hydroxylation is 1. The molecule has 0 spiro atoms. The van der Waals surface area contributed by atoms with Gasteiger partial charge in [0.1, 0.15) is 5.82 Å². The fourth-order valence-electron chi connectivity index (χ4n) is 1.51. The van der Waals surface area contributed by atoms with Crippen molar-refractivity contribution in [1.82, 2.24) is 14.9 Å². The Kier molecular flexibility index (Phi) is 5.85. The van der Waals surface area contributed by atoms with Crippen LogP contribution in [0.25, 0.3) is 0 Å². The molecular formula is C13H25N5. The average Bonchev–Trinajstić information content (AvgIpc) is 2.28. The Balaban J connectivity index is 2.51. The highest BCUT2D eigenvalue weighted by Gasteiger charge is 2.04.